The molecule has 1 fully saturated rings. The molecule has 3 rings (SSSR count). The number of piperazine rings is 1. The maximum Gasteiger partial charge on any atom is 0.337 e. The van der Waals surface area contributed by atoms with Gasteiger partial charge in [0.2, 0.25) is 0 Å². The van der Waals surface area contributed by atoms with Crippen molar-refractivity contribution in [3.63, 3.8) is 0 Å². The van der Waals surface area contributed by atoms with Gasteiger partial charge in [0.05, 0.1) is 16.1 Å². The molecule has 0 aliphatic carbocycles. The van der Waals surface area contributed by atoms with Crippen molar-refractivity contribution in [3.8, 4) is 0 Å². The van der Waals surface area contributed by atoms with E-state index in [4.69, 9.17) is 11.6 Å². The molecular formula is C18H20ClN3O4S. The van der Waals surface area contributed by atoms with Crippen molar-refractivity contribution in [3.05, 3.63) is 53.1 Å². The lowest BCUT2D eigenvalue weighted by molar-refractivity contribution is 0.0698. The van der Waals surface area contributed by atoms with Crippen LogP contribution in [0.3, 0.4) is 0 Å². The van der Waals surface area contributed by atoms with Crippen LogP contribution >= 0.6 is 11.6 Å². The maximum atomic E-state index is 12.5. The number of hydrogen-bond donors (Lipinski definition) is 2. The standard InChI is InChI=1S/C18H20ClN3O4S/c1-21-8-10-22(11-9-21)14-4-7-17(16(12-14)18(23)24)20-27(25,26)15-5-2-13(19)3-6-15/h2-7,12,20H,8-11H2,1H3,(H,23,24). The number of rotatable bonds is 5. The van der Waals surface area contributed by atoms with Crippen molar-refractivity contribution in [2.75, 3.05) is 42.8 Å². The van der Waals surface area contributed by atoms with Crippen LogP contribution in [0, 0.1) is 0 Å². The first kappa shape index (κ1) is 19.5. The molecule has 0 radical (unpaired) electrons. The molecule has 0 spiro atoms. The highest BCUT2D eigenvalue weighted by atomic mass is 35.5. The zero-order chi connectivity index (χ0) is 19.6. The molecule has 1 saturated heterocycles. The summed E-state index contributed by atoms with van der Waals surface area (Å²) in [6, 6.07) is 10.4. The van der Waals surface area contributed by atoms with Gasteiger partial charge in [0.1, 0.15) is 0 Å². The van der Waals surface area contributed by atoms with E-state index in [2.05, 4.69) is 14.5 Å². The van der Waals surface area contributed by atoms with Gasteiger partial charge in [-0.05, 0) is 49.5 Å². The zero-order valence-corrected chi connectivity index (χ0v) is 16.3. The Balaban J connectivity index is 1.89. The van der Waals surface area contributed by atoms with Crippen molar-refractivity contribution in [2.24, 2.45) is 0 Å². The van der Waals surface area contributed by atoms with E-state index in [1.54, 1.807) is 6.07 Å². The number of sulfonamides is 1. The van der Waals surface area contributed by atoms with E-state index < -0.39 is 16.0 Å². The third-order valence-corrected chi connectivity index (χ3v) is 6.10. The average Bonchev–Trinajstić information content (AvgIpc) is 2.62. The van der Waals surface area contributed by atoms with Crippen LogP contribution in [-0.4, -0.2) is 57.6 Å². The topological polar surface area (TPSA) is 90.0 Å². The van der Waals surface area contributed by atoms with Crippen LogP contribution in [0.15, 0.2) is 47.4 Å². The second-order valence-corrected chi connectivity index (χ2v) is 8.50. The van der Waals surface area contributed by atoms with E-state index in [0.29, 0.717) is 5.02 Å². The Morgan fingerprint density at radius 3 is 2.30 bits per heavy atom. The minimum atomic E-state index is -3.92. The lowest BCUT2D eigenvalue weighted by Crippen LogP contribution is -2.44. The Kier molecular flexibility index (Phi) is 5.59. The number of hydrogen-bond acceptors (Lipinski definition) is 5. The first-order valence-corrected chi connectivity index (χ1v) is 10.2. The lowest BCUT2D eigenvalue weighted by atomic mass is 10.1. The number of carboxylic acids is 1. The Morgan fingerprint density at radius 2 is 1.70 bits per heavy atom. The predicted octanol–water partition coefficient (Wildman–Crippen LogP) is 2.59. The molecule has 2 N–H and O–H groups in total. The number of carbonyl (C=O) groups is 1. The van der Waals surface area contributed by atoms with E-state index in [-0.39, 0.29) is 16.1 Å². The second kappa shape index (κ2) is 7.75. The molecule has 27 heavy (non-hydrogen) atoms. The van der Waals surface area contributed by atoms with E-state index >= 15 is 0 Å². The average molecular weight is 410 g/mol. The fraction of sp³-hybridized carbons (Fsp3) is 0.278. The fourth-order valence-corrected chi connectivity index (χ4v) is 4.08. The zero-order valence-electron chi connectivity index (χ0n) is 14.7. The van der Waals surface area contributed by atoms with E-state index in [0.717, 1.165) is 31.9 Å². The number of likely N-dealkylation sites (N-methyl/N-ethyl adjacent to an activating group) is 1. The van der Waals surface area contributed by atoms with Crippen LogP contribution in [0.5, 0.6) is 0 Å². The van der Waals surface area contributed by atoms with E-state index in [1.165, 1.54) is 36.4 Å². The molecule has 1 aliphatic heterocycles. The molecule has 0 bridgehead atoms. The molecule has 0 unspecified atom stereocenters. The van der Waals surface area contributed by atoms with Crippen LogP contribution < -0.4 is 9.62 Å². The summed E-state index contributed by atoms with van der Waals surface area (Å²) in [4.78, 5) is 16.0. The van der Waals surface area contributed by atoms with Gasteiger partial charge in [-0.1, -0.05) is 11.6 Å². The number of anilines is 2. The number of carboxylic acid groups (broad SMARTS) is 1. The van der Waals surface area contributed by atoms with Gasteiger partial charge in [0.25, 0.3) is 10.0 Å². The number of nitrogens with zero attached hydrogens (tertiary/aromatic N) is 2. The first-order chi connectivity index (χ1) is 12.8. The highest BCUT2D eigenvalue weighted by Gasteiger charge is 2.21. The van der Waals surface area contributed by atoms with Gasteiger partial charge in [-0.3, -0.25) is 4.72 Å². The quantitative estimate of drug-likeness (QED) is 0.788. The number of aromatic carboxylic acids is 1. The van der Waals surface area contributed by atoms with Gasteiger partial charge in [0.15, 0.2) is 0 Å². The van der Waals surface area contributed by atoms with Gasteiger partial charge in [-0.25, -0.2) is 13.2 Å². The van der Waals surface area contributed by atoms with Gasteiger partial charge >= 0.3 is 5.97 Å². The molecule has 0 atom stereocenters. The first-order valence-electron chi connectivity index (χ1n) is 8.35. The summed E-state index contributed by atoms with van der Waals surface area (Å²) >= 11 is 5.79. The van der Waals surface area contributed by atoms with Crippen LogP contribution in [-0.2, 0) is 10.0 Å². The van der Waals surface area contributed by atoms with Crippen molar-refractivity contribution >= 4 is 39.0 Å². The minimum absolute atomic E-state index is 0.00591. The predicted molar refractivity (Wildman–Crippen MR) is 105 cm³/mol. The molecule has 0 amide bonds. The van der Waals surface area contributed by atoms with Crippen molar-refractivity contribution in [1.29, 1.82) is 0 Å². The summed E-state index contributed by atoms with van der Waals surface area (Å²) in [5.74, 6) is -1.19. The molecular weight excluding hydrogens is 390 g/mol. The summed E-state index contributed by atoms with van der Waals surface area (Å²) < 4.78 is 27.5. The van der Waals surface area contributed by atoms with E-state index in [1.807, 2.05) is 7.05 Å². The second-order valence-electron chi connectivity index (χ2n) is 6.38. The largest absolute Gasteiger partial charge is 0.478 e. The highest BCUT2D eigenvalue weighted by Crippen LogP contribution is 2.27. The molecule has 1 heterocycles. The molecule has 2 aromatic carbocycles. The number of halogens is 1. The van der Waals surface area contributed by atoms with Crippen molar-refractivity contribution in [2.45, 2.75) is 4.90 Å². The van der Waals surface area contributed by atoms with Gasteiger partial charge in [-0.2, -0.15) is 0 Å². The summed E-state index contributed by atoms with van der Waals surface area (Å²) in [7, 11) is -1.89. The van der Waals surface area contributed by atoms with Crippen LogP contribution in [0.1, 0.15) is 10.4 Å². The molecule has 2 aromatic rings. The Bertz CT molecular complexity index is 940. The van der Waals surface area contributed by atoms with Crippen molar-refractivity contribution < 1.29 is 18.3 Å². The fourth-order valence-electron chi connectivity index (χ4n) is 2.88. The Morgan fingerprint density at radius 1 is 1.07 bits per heavy atom. The van der Waals surface area contributed by atoms with Crippen LogP contribution in [0.2, 0.25) is 5.02 Å². The minimum Gasteiger partial charge on any atom is -0.478 e. The summed E-state index contributed by atoms with van der Waals surface area (Å²) in [5.41, 5.74) is 0.689. The molecule has 1 aliphatic rings. The normalized spacial score (nSPS) is 15.6. The van der Waals surface area contributed by atoms with Crippen LogP contribution in [0.4, 0.5) is 11.4 Å². The molecule has 144 valence electrons. The van der Waals surface area contributed by atoms with Gasteiger partial charge < -0.3 is 14.9 Å². The summed E-state index contributed by atoms with van der Waals surface area (Å²) in [6.45, 7) is 3.33. The smallest absolute Gasteiger partial charge is 0.337 e. The van der Waals surface area contributed by atoms with Crippen LogP contribution in [0.25, 0.3) is 0 Å². The van der Waals surface area contributed by atoms with Crippen molar-refractivity contribution in [1.82, 2.24) is 4.90 Å². The molecule has 7 nitrogen and oxygen atoms in total. The molecule has 0 aromatic heterocycles. The summed E-state index contributed by atoms with van der Waals surface area (Å²) in [5, 5.41) is 9.97. The van der Waals surface area contributed by atoms with E-state index in [9.17, 15) is 18.3 Å². The molecule has 0 saturated carbocycles. The number of benzene rings is 2. The monoisotopic (exact) mass is 409 g/mol. The lowest BCUT2D eigenvalue weighted by Gasteiger charge is -2.34. The third-order valence-electron chi connectivity index (χ3n) is 4.47. The SMILES string of the molecule is CN1CCN(c2ccc(NS(=O)(=O)c3ccc(Cl)cc3)c(C(=O)O)c2)CC1. The molecule has 9 heteroatoms. The Hall–Kier alpha value is -2.29. The van der Waals surface area contributed by atoms with Gasteiger partial charge in [0, 0.05) is 36.9 Å². The highest BCUT2D eigenvalue weighted by molar-refractivity contribution is 7.92. The maximum absolute atomic E-state index is 12.5. The third kappa shape index (κ3) is 4.52. The van der Waals surface area contributed by atoms with Gasteiger partial charge in [-0.15, -0.1) is 0 Å². The Labute approximate surface area is 163 Å². The number of nitrogens with one attached hydrogen (secondary N) is 1. The summed E-state index contributed by atoms with van der Waals surface area (Å²) in [6.07, 6.45) is 0.